The van der Waals surface area contributed by atoms with Crippen LogP contribution in [0, 0.1) is 0 Å². The van der Waals surface area contributed by atoms with Crippen LogP contribution in [0.2, 0.25) is 0 Å². The molecule has 3 N–H and O–H groups in total. The molecule has 5 nitrogen and oxygen atoms in total. The second kappa shape index (κ2) is 6.00. The molecule has 1 atom stereocenters. The third-order valence-electron chi connectivity index (χ3n) is 1.97. The summed E-state index contributed by atoms with van der Waals surface area (Å²) in [6.45, 7) is 1.52. The summed E-state index contributed by atoms with van der Waals surface area (Å²) in [7, 11) is 0. The lowest BCUT2D eigenvalue weighted by Gasteiger charge is -2.15. The number of hydrogen-bond donors (Lipinski definition) is 2. The summed E-state index contributed by atoms with van der Waals surface area (Å²) in [5, 5.41) is 11.2. The van der Waals surface area contributed by atoms with E-state index in [0.717, 1.165) is 6.07 Å². The number of alkyl halides is 3. The number of rotatable bonds is 4. The topological polar surface area (TPSA) is 77.1 Å². The fourth-order valence-electron chi connectivity index (χ4n) is 1.11. The Labute approximate surface area is 114 Å². The highest BCUT2D eigenvalue weighted by Gasteiger charge is 2.32. The molecule has 0 aliphatic rings. The number of halogens is 4. The van der Waals surface area contributed by atoms with E-state index < -0.39 is 18.2 Å². The van der Waals surface area contributed by atoms with E-state index in [0.29, 0.717) is 0 Å². The van der Waals surface area contributed by atoms with E-state index in [9.17, 15) is 13.2 Å². The summed E-state index contributed by atoms with van der Waals surface area (Å²) in [5.41, 5.74) is 5.31. The van der Waals surface area contributed by atoms with Gasteiger partial charge in [-0.15, -0.1) is 13.2 Å². The number of benzene rings is 1. The van der Waals surface area contributed by atoms with Gasteiger partial charge in [-0.3, -0.25) is 0 Å². The average molecular weight is 343 g/mol. The zero-order valence-electron chi connectivity index (χ0n) is 9.61. The molecule has 106 valence electrons. The molecular formula is C10H10BrF3N2O3. The van der Waals surface area contributed by atoms with Crippen molar-refractivity contribution in [1.82, 2.24) is 0 Å². The predicted molar refractivity (Wildman–Crippen MR) is 64.3 cm³/mol. The molecule has 0 heterocycles. The molecule has 9 heteroatoms. The van der Waals surface area contributed by atoms with Crippen molar-refractivity contribution in [2.75, 3.05) is 0 Å². The quantitative estimate of drug-likeness (QED) is 0.381. The van der Waals surface area contributed by atoms with Crippen LogP contribution in [0.3, 0.4) is 0 Å². The first kappa shape index (κ1) is 15.4. The van der Waals surface area contributed by atoms with Crippen molar-refractivity contribution in [3.8, 4) is 11.5 Å². The van der Waals surface area contributed by atoms with Gasteiger partial charge in [-0.1, -0.05) is 5.16 Å². The van der Waals surface area contributed by atoms with Crippen LogP contribution < -0.4 is 15.2 Å². The smallest absolute Gasteiger partial charge is 0.483 e. The Hall–Kier alpha value is -1.64. The largest absolute Gasteiger partial charge is 0.573 e. The fraction of sp³-hybridized carbons (Fsp3) is 0.300. The molecule has 0 aliphatic heterocycles. The summed E-state index contributed by atoms with van der Waals surface area (Å²) in [4.78, 5) is 0. The van der Waals surface area contributed by atoms with Gasteiger partial charge in [0.25, 0.3) is 0 Å². The van der Waals surface area contributed by atoms with Crippen molar-refractivity contribution in [1.29, 1.82) is 0 Å². The molecule has 0 fully saturated rings. The maximum atomic E-state index is 12.0. The van der Waals surface area contributed by atoms with Crippen molar-refractivity contribution < 1.29 is 27.9 Å². The highest BCUT2D eigenvalue weighted by molar-refractivity contribution is 9.10. The number of ether oxygens (including phenoxy) is 2. The van der Waals surface area contributed by atoms with Gasteiger partial charge >= 0.3 is 6.36 Å². The number of amidine groups is 1. The standard InChI is InChI=1S/C10H10BrF3N2O3/c1-5(9(15)16-17)18-6-2-3-8(7(11)4-6)19-10(12,13)14/h2-5,17H,1H3,(H2,15,16). The summed E-state index contributed by atoms with van der Waals surface area (Å²) < 4.78 is 45.2. The summed E-state index contributed by atoms with van der Waals surface area (Å²) >= 11 is 2.93. The van der Waals surface area contributed by atoms with E-state index in [1.54, 1.807) is 0 Å². The fourth-order valence-corrected chi connectivity index (χ4v) is 1.55. The molecule has 0 bridgehead atoms. The Kier molecular flexibility index (Phi) is 4.87. The first-order valence-electron chi connectivity index (χ1n) is 4.92. The average Bonchev–Trinajstić information content (AvgIpc) is 2.30. The van der Waals surface area contributed by atoms with Gasteiger partial charge in [0.15, 0.2) is 11.9 Å². The molecule has 0 saturated heterocycles. The van der Waals surface area contributed by atoms with Crippen molar-refractivity contribution in [2.45, 2.75) is 19.4 Å². The zero-order chi connectivity index (χ0) is 14.6. The van der Waals surface area contributed by atoms with Gasteiger partial charge in [0.1, 0.15) is 11.5 Å². The molecule has 0 saturated carbocycles. The Morgan fingerprint density at radius 1 is 1.47 bits per heavy atom. The van der Waals surface area contributed by atoms with Gasteiger partial charge in [0.2, 0.25) is 0 Å². The van der Waals surface area contributed by atoms with E-state index >= 15 is 0 Å². The lowest BCUT2D eigenvalue weighted by Crippen LogP contribution is -2.31. The van der Waals surface area contributed by atoms with Crippen molar-refractivity contribution in [3.05, 3.63) is 22.7 Å². The van der Waals surface area contributed by atoms with Gasteiger partial charge in [-0.05, 0) is 41.1 Å². The lowest BCUT2D eigenvalue weighted by atomic mass is 10.3. The van der Waals surface area contributed by atoms with Crippen molar-refractivity contribution >= 4 is 21.8 Å². The maximum absolute atomic E-state index is 12.0. The summed E-state index contributed by atoms with van der Waals surface area (Å²) in [6.07, 6.45) is -5.50. The molecule has 1 rings (SSSR count). The molecule has 1 aromatic rings. The Balaban J connectivity index is 2.83. The molecule has 0 aliphatic carbocycles. The van der Waals surface area contributed by atoms with Gasteiger partial charge in [-0.2, -0.15) is 0 Å². The van der Waals surface area contributed by atoms with Crippen LogP contribution in [0.1, 0.15) is 6.92 Å². The van der Waals surface area contributed by atoms with E-state index in [-0.39, 0.29) is 16.1 Å². The monoisotopic (exact) mass is 342 g/mol. The molecular weight excluding hydrogens is 333 g/mol. The highest BCUT2D eigenvalue weighted by atomic mass is 79.9. The highest BCUT2D eigenvalue weighted by Crippen LogP contribution is 2.33. The van der Waals surface area contributed by atoms with Crippen LogP contribution >= 0.6 is 15.9 Å². The van der Waals surface area contributed by atoms with E-state index in [2.05, 4.69) is 25.8 Å². The van der Waals surface area contributed by atoms with Gasteiger partial charge in [0.05, 0.1) is 4.47 Å². The number of nitrogens with two attached hydrogens (primary N) is 1. The first-order valence-corrected chi connectivity index (χ1v) is 5.71. The molecule has 19 heavy (non-hydrogen) atoms. The lowest BCUT2D eigenvalue weighted by molar-refractivity contribution is -0.274. The first-order chi connectivity index (χ1) is 8.73. The number of nitrogens with zero attached hydrogens (tertiary/aromatic N) is 1. The molecule has 1 aromatic carbocycles. The minimum absolute atomic E-state index is 0.0639. The van der Waals surface area contributed by atoms with Crippen LogP contribution in [0.15, 0.2) is 27.8 Å². The molecule has 1 unspecified atom stereocenters. The Bertz CT molecular complexity index is 480. The van der Waals surface area contributed by atoms with Crippen molar-refractivity contribution in [2.24, 2.45) is 10.9 Å². The zero-order valence-corrected chi connectivity index (χ0v) is 11.2. The second-order valence-electron chi connectivity index (χ2n) is 3.42. The van der Waals surface area contributed by atoms with Gasteiger partial charge in [0, 0.05) is 0 Å². The Morgan fingerprint density at radius 2 is 2.11 bits per heavy atom. The molecule has 0 radical (unpaired) electrons. The molecule has 0 aromatic heterocycles. The van der Waals surface area contributed by atoms with Crippen LogP contribution in [0.25, 0.3) is 0 Å². The van der Waals surface area contributed by atoms with Crippen LogP contribution in [0.4, 0.5) is 13.2 Å². The van der Waals surface area contributed by atoms with Crippen molar-refractivity contribution in [3.63, 3.8) is 0 Å². The third kappa shape index (κ3) is 4.86. The second-order valence-corrected chi connectivity index (χ2v) is 4.28. The van der Waals surface area contributed by atoms with Gasteiger partial charge < -0.3 is 20.4 Å². The minimum atomic E-state index is -4.77. The number of oxime groups is 1. The molecule has 0 amide bonds. The maximum Gasteiger partial charge on any atom is 0.573 e. The summed E-state index contributed by atoms with van der Waals surface area (Å²) in [5.74, 6) is -0.316. The number of hydrogen-bond acceptors (Lipinski definition) is 4. The minimum Gasteiger partial charge on any atom is -0.483 e. The van der Waals surface area contributed by atoms with Crippen LogP contribution in [0.5, 0.6) is 11.5 Å². The normalized spacial score (nSPS) is 14.1. The SMILES string of the molecule is CC(Oc1ccc(OC(F)(F)F)c(Br)c1)/C(N)=N/O. The molecule has 0 spiro atoms. The van der Waals surface area contributed by atoms with E-state index in [1.807, 2.05) is 0 Å². The van der Waals surface area contributed by atoms with E-state index in [1.165, 1.54) is 19.1 Å². The Morgan fingerprint density at radius 3 is 2.58 bits per heavy atom. The predicted octanol–water partition coefficient (Wildman–Crippen LogP) is 2.86. The van der Waals surface area contributed by atoms with Gasteiger partial charge in [-0.25, -0.2) is 0 Å². The van der Waals surface area contributed by atoms with E-state index in [4.69, 9.17) is 15.7 Å². The van der Waals surface area contributed by atoms with Crippen LogP contribution in [-0.2, 0) is 0 Å². The summed E-state index contributed by atoms with van der Waals surface area (Å²) in [6, 6.07) is 3.64. The third-order valence-corrected chi connectivity index (χ3v) is 2.59. The van der Waals surface area contributed by atoms with Crippen LogP contribution in [-0.4, -0.2) is 23.5 Å².